The summed E-state index contributed by atoms with van der Waals surface area (Å²) in [6.07, 6.45) is 0.958. The Bertz CT molecular complexity index is 396. The van der Waals surface area contributed by atoms with Gasteiger partial charge in [-0.3, -0.25) is 4.68 Å². The maximum Gasteiger partial charge on any atom is 0.0835 e. The third-order valence-electron chi connectivity index (χ3n) is 2.62. The molecule has 0 aliphatic carbocycles. The third kappa shape index (κ3) is 2.60. The van der Waals surface area contributed by atoms with Gasteiger partial charge >= 0.3 is 0 Å². The lowest BCUT2D eigenvalue weighted by molar-refractivity contribution is 0.168. The molecule has 1 rings (SSSR count). The van der Waals surface area contributed by atoms with Gasteiger partial charge in [0.25, 0.3) is 0 Å². The summed E-state index contributed by atoms with van der Waals surface area (Å²) in [6.45, 7) is 5.72. The Morgan fingerprint density at radius 2 is 2.13 bits per heavy atom. The zero-order valence-electron chi connectivity index (χ0n) is 9.83. The number of aromatic nitrogens is 2. The summed E-state index contributed by atoms with van der Waals surface area (Å²) in [6, 6.07) is 0. The lowest BCUT2D eigenvalue weighted by atomic mass is 10.0. The minimum absolute atomic E-state index is 0.445. The largest absolute Gasteiger partial charge is 0.388 e. The number of hydrogen-bond donors (Lipinski definition) is 1. The Labute approximate surface area is 91.1 Å². The molecule has 0 aromatic carbocycles. The summed E-state index contributed by atoms with van der Waals surface area (Å²) in [5.74, 6) is 5.78. The van der Waals surface area contributed by atoms with E-state index >= 15 is 0 Å². The van der Waals surface area contributed by atoms with Gasteiger partial charge in [0.05, 0.1) is 11.8 Å². The fraction of sp³-hybridized carbons (Fsp3) is 0.583. The summed E-state index contributed by atoms with van der Waals surface area (Å²) < 4.78 is 1.80. The predicted octanol–water partition coefficient (Wildman–Crippen LogP) is 1.87. The molecule has 0 aliphatic rings. The fourth-order valence-corrected chi connectivity index (χ4v) is 1.75. The molecule has 1 heterocycles. The van der Waals surface area contributed by atoms with Gasteiger partial charge in [0.15, 0.2) is 0 Å². The standard InChI is InChI=1S/C12H18N2O/c1-5-6-7-8-11(15)12-9(2)13-14(4)10(12)3/h11,15H,7-8H2,1-4H3. The molecule has 1 unspecified atom stereocenters. The lowest BCUT2D eigenvalue weighted by Crippen LogP contribution is -2.01. The highest BCUT2D eigenvalue weighted by Gasteiger charge is 2.16. The first-order valence-electron chi connectivity index (χ1n) is 5.15. The van der Waals surface area contributed by atoms with E-state index in [2.05, 4.69) is 16.9 Å². The van der Waals surface area contributed by atoms with Crippen molar-refractivity contribution < 1.29 is 5.11 Å². The quantitative estimate of drug-likeness (QED) is 0.767. The van der Waals surface area contributed by atoms with E-state index in [1.807, 2.05) is 27.8 Å². The van der Waals surface area contributed by atoms with Crippen LogP contribution in [0.1, 0.15) is 42.8 Å². The molecule has 0 bridgehead atoms. The molecule has 3 heteroatoms. The van der Waals surface area contributed by atoms with Crippen LogP contribution in [-0.2, 0) is 7.05 Å². The van der Waals surface area contributed by atoms with Crippen molar-refractivity contribution in [3.8, 4) is 11.8 Å². The molecule has 1 N–H and O–H groups in total. The number of nitrogens with zero attached hydrogens (tertiary/aromatic N) is 2. The maximum atomic E-state index is 10.0. The summed E-state index contributed by atoms with van der Waals surface area (Å²) in [4.78, 5) is 0. The van der Waals surface area contributed by atoms with Crippen molar-refractivity contribution in [2.75, 3.05) is 0 Å². The molecule has 82 valence electrons. The summed E-state index contributed by atoms with van der Waals surface area (Å²) >= 11 is 0. The molecule has 0 spiro atoms. The van der Waals surface area contributed by atoms with E-state index in [-0.39, 0.29) is 0 Å². The molecule has 15 heavy (non-hydrogen) atoms. The Morgan fingerprint density at radius 1 is 1.47 bits per heavy atom. The molecular formula is C12H18N2O. The van der Waals surface area contributed by atoms with Gasteiger partial charge < -0.3 is 5.11 Å². The van der Waals surface area contributed by atoms with Crippen LogP contribution in [0.15, 0.2) is 0 Å². The van der Waals surface area contributed by atoms with Crippen molar-refractivity contribution >= 4 is 0 Å². The normalized spacial score (nSPS) is 12.1. The van der Waals surface area contributed by atoms with Crippen LogP contribution < -0.4 is 0 Å². The monoisotopic (exact) mass is 206 g/mol. The number of aliphatic hydroxyl groups excluding tert-OH is 1. The first kappa shape index (κ1) is 11.8. The molecule has 0 fully saturated rings. The molecule has 3 nitrogen and oxygen atoms in total. The molecule has 0 saturated carbocycles. The van der Waals surface area contributed by atoms with Gasteiger partial charge in [-0.15, -0.1) is 11.8 Å². The van der Waals surface area contributed by atoms with Gasteiger partial charge in [-0.2, -0.15) is 5.10 Å². The summed E-state index contributed by atoms with van der Waals surface area (Å²) in [5, 5.41) is 14.3. The van der Waals surface area contributed by atoms with Gasteiger partial charge in [0.1, 0.15) is 0 Å². The smallest absolute Gasteiger partial charge is 0.0835 e. The fourth-order valence-electron chi connectivity index (χ4n) is 1.75. The maximum absolute atomic E-state index is 10.0. The number of hydrogen-bond acceptors (Lipinski definition) is 2. The van der Waals surface area contributed by atoms with Crippen molar-refractivity contribution in [3.05, 3.63) is 17.0 Å². The summed E-state index contributed by atoms with van der Waals surface area (Å²) in [5.41, 5.74) is 2.90. The van der Waals surface area contributed by atoms with E-state index in [0.29, 0.717) is 6.42 Å². The van der Waals surface area contributed by atoms with Crippen LogP contribution >= 0.6 is 0 Å². The Morgan fingerprint density at radius 3 is 2.60 bits per heavy atom. The van der Waals surface area contributed by atoms with Crippen LogP contribution in [0.3, 0.4) is 0 Å². The number of aryl methyl sites for hydroxylation is 2. The van der Waals surface area contributed by atoms with Crippen LogP contribution in [0.4, 0.5) is 0 Å². The highest BCUT2D eigenvalue weighted by molar-refractivity contribution is 5.26. The second-order valence-electron chi connectivity index (χ2n) is 3.69. The Hall–Kier alpha value is -1.27. The highest BCUT2D eigenvalue weighted by Crippen LogP contribution is 2.24. The predicted molar refractivity (Wildman–Crippen MR) is 60.3 cm³/mol. The van der Waals surface area contributed by atoms with Gasteiger partial charge in [-0.25, -0.2) is 0 Å². The molecular weight excluding hydrogens is 188 g/mol. The SMILES string of the molecule is CC#CCCC(O)c1c(C)nn(C)c1C. The van der Waals surface area contributed by atoms with Gasteiger partial charge in [-0.05, 0) is 27.2 Å². The molecule has 0 saturated heterocycles. The van der Waals surface area contributed by atoms with E-state index < -0.39 is 6.10 Å². The van der Waals surface area contributed by atoms with E-state index in [1.165, 1.54) is 0 Å². The van der Waals surface area contributed by atoms with Crippen LogP contribution in [0.2, 0.25) is 0 Å². The van der Waals surface area contributed by atoms with Crippen molar-refractivity contribution in [1.29, 1.82) is 0 Å². The van der Waals surface area contributed by atoms with Gasteiger partial charge in [0.2, 0.25) is 0 Å². The average Bonchev–Trinajstić information content (AvgIpc) is 2.41. The van der Waals surface area contributed by atoms with Crippen molar-refractivity contribution in [3.63, 3.8) is 0 Å². The minimum Gasteiger partial charge on any atom is -0.388 e. The van der Waals surface area contributed by atoms with E-state index in [0.717, 1.165) is 23.4 Å². The Balaban J connectivity index is 2.79. The van der Waals surface area contributed by atoms with Gasteiger partial charge in [0, 0.05) is 24.7 Å². The van der Waals surface area contributed by atoms with Crippen LogP contribution in [-0.4, -0.2) is 14.9 Å². The minimum atomic E-state index is -0.445. The van der Waals surface area contributed by atoms with Crippen molar-refractivity contribution in [1.82, 2.24) is 9.78 Å². The van der Waals surface area contributed by atoms with E-state index in [9.17, 15) is 5.11 Å². The number of aliphatic hydroxyl groups is 1. The molecule has 0 amide bonds. The van der Waals surface area contributed by atoms with Crippen molar-refractivity contribution in [2.45, 2.75) is 39.7 Å². The zero-order valence-corrected chi connectivity index (χ0v) is 9.83. The first-order chi connectivity index (χ1) is 7.07. The van der Waals surface area contributed by atoms with Crippen LogP contribution in [0.25, 0.3) is 0 Å². The topological polar surface area (TPSA) is 38.1 Å². The molecule has 1 atom stereocenters. The lowest BCUT2D eigenvalue weighted by Gasteiger charge is -2.09. The van der Waals surface area contributed by atoms with E-state index in [1.54, 1.807) is 4.68 Å². The molecule has 0 radical (unpaired) electrons. The summed E-state index contributed by atoms with van der Waals surface area (Å²) in [7, 11) is 1.89. The highest BCUT2D eigenvalue weighted by atomic mass is 16.3. The number of rotatable bonds is 3. The zero-order chi connectivity index (χ0) is 11.4. The van der Waals surface area contributed by atoms with Gasteiger partial charge in [-0.1, -0.05) is 0 Å². The first-order valence-corrected chi connectivity index (χ1v) is 5.15. The molecule has 0 aliphatic heterocycles. The van der Waals surface area contributed by atoms with Crippen LogP contribution in [0.5, 0.6) is 0 Å². The van der Waals surface area contributed by atoms with Crippen molar-refractivity contribution in [2.24, 2.45) is 7.05 Å². The van der Waals surface area contributed by atoms with E-state index in [4.69, 9.17) is 0 Å². The molecule has 1 aromatic heterocycles. The van der Waals surface area contributed by atoms with Crippen LogP contribution in [0, 0.1) is 25.7 Å². The second-order valence-corrected chi connectivity index (χ2v) is 3.69. The average molecular weight is 206 g/mol. The third-order valence-corrected chi connectivity index (χ3v) is 2.62. The molecule has 1 aromatic rings. The second kappa shape index (κ2) is 4.99. The Kier molecular flexibility index (Phi) is 3.93.